The molecule has 0 aromatic rings. The molecule has 0 saturated carbocycles. The first-order chi connectivity index (χ1) is 7.99. The monoisotopic (exact) mass is 239 g/mol. The Balaban J connectivity index is 2.49. The predicted octanol–water partition coefficient (Wildman–Crippen LogP) is 3.00. The van der Waals surface area contributed by atoms with E-state index in [2.05, 4.69) is 37.6 Å². The number of hydrogen-bond acceptors (Lipinski definition) is 3. The molecule has 0 bridgehead atoms. The molecule has 0 spiro atoms. The zero-order valence-electron chi connectivity index (χ0n) is 12.0. The van der Waals surface area contributed by atoms with Gasteiger partial charge in [-0.25, -0.2) is 0 Å². The van der Waals surface area contributed by atoms with Crippen LogP contribution < -0.4 is 5.73 Å². The molecule has 1 aliphatic rings. The lowest BCUT2D eigenvalue weighted by Gasteiger charge is -2.37. The maximum Gasteiger partial charge on any atom is 0.191 e. The molecule has 1 atom stereocenters. The molecule has 1 rings (SSSR count). The maximum atomic E-state index is 6.01. The van der Waals surface area contributed by atoms with Gasteiger partial charge in [0.15, 0.2) is 5.96 Å². The van der Waals surface area contributed by atoms with Gasteiger partial charge in [0.25, 0.3) is 0 Å². The molecule has 0 amide bonds. The van der Waals surface area contributed by atoms with Crippen molar-refractivity contribution in [1.82, 2.24) is 4.90 Å². The Labute approximate surface area is 106 Å². The van der Waals surface area contributed by atoms with Gasteiger partial charge in [0.1, 0.15) is 0 Å². The van der Waals surface area contributed by atoms with E-state index < -0.39 is 0 Å². The molecular weight excluding hydrogens is 210 g/mol. The number of rotatable bonds is 7. The van der Waals surface area contributed by atoms with Gasteiger partial charge >= 0.3 is 0 Å². The van der Waals surface area contributed by atoms with Crippen LogP contribution in [0.25, 0.3) is 0 Å². The van der Waals surface area contributed by atoms with Crippen molar-refractivity contribution in [3.05, 3.63) is 0 Å². The molecule has 0 fully saturated rings. The van der Waals surface area contributed by atoms with Crippen LogP contribution in [0, 0.1) is 5.92 Å². The Morgan fingerprint density at radius 2 is 2.06 bits per heavy atom. The van der Waals surface area contributed by atoms with Crippen molar-refractivity contribution in [2.45, 2.75) is 65.3 Å². The minimum absolute atomic E-state index is 0.169. The Morgan fingerprint density at radius 1 is 1.35 bits per heavy atom. The normalized spacial score (nSPS) is 24.5. The van der Waals surface area contributed by atoms with Crippen LogP contribution in [-0.4, -0.2) is 29.5 Å². The van der Waals surface area contributed by atoms with Crippen LogP contribution in [0.5, 0.6) is 0 Å². The summed E-state index contributed by atoms with van der Waals surface area (Å²) in [5.41, 5.74) is 6.18. The summed E-state index contributed by atoms with van der Waals surface area (Å²) < 4.78 is 0. The summed E-state index contributed by atoms with van der Waals surface area (Å²) in [5, 5.41) is 0. The van der Waals surface area contributed by atoms with Crippen molar-refractivity contribution in [2.24, 2.45) is 16.6 Å². The summed E-state index contributed by atoms with van der Waals surface area (Å²) in [5.74, 6) is 1.38. The van der Waals surface area contributed by atoms with Gasteiger partial charge in [-0.3, -0.25) is 4.99 Å². The molecule has 0 radical (unpaired) electrons. The van der Waals surface area contributed by atoms with E-state index in [0.29, 0.717) is 5.92 Å². The third-order valence-corrected chi connectivity index (χ3v) is 3.63. The van der Waals surface area contributed by atoms with Crippen molar-refractivity contribution in [3.8, 4) is 0 Å². The third-order valence-electron chi connectivity index (χ3n) is 3.63. The van der Waals surface area contributed by atoms with Gasteiger partial charge in [-0.15, -0.1) is 0 Å². The van der Waals surface area contributed by atoms with Gasteiger partial charge < -0.3 is 10.6 Å². The van der Waals surface area contributed by atoms with Gasteiger partial charge in [0.05, 0.1) is 12.1 Å². The summed E-state index contributed by atoms with van der Waals surface area (Å²) >= 11 is 0. The molecule has 1 heterocycles. The quantitative estimate of drug-likeness (QED) is 0.694. The van der Waals surface area contributed by atoms with E-state index >= 15 is 0 Å². The van der Waals surface area contributed by atoms with E-state index in [4.69, 9.17) is 5.73 Å². The van der Waals surface area contributed by atoms with Crippen LogP contribution in [0.4, 0.5) is 0 Å². The Hall–Kier alpha value is -0.730. The maximum absolute atomic E-state index is 6.01. The summed E-state index contributed by atoms with van der Waals surface area (Å²) in [6.45, 7) is 10.9. The summed E-state index contributed by atoms with van der Waals surface area (Å²) in [4.78, 5) is 6.77. The fraction of sp³-hybridized carbons (Fsp3) is 0.929. The van der Waals surface area contributed by atoms with E-state index in [1.54, 1.807) is 0 Å². The number of aliphatic imine (C=N–C) groups is 1. The van der Waals surface area contributed by atoms with E-state index in [9.17, 15) is 0 Å². The van der Waals surface area contributed by atoms with Crippen molar-refractivity contribution in [3.63, 3.8) is 0 Å². The van der Waals surface area contributed by atoms with Gasteiger partial charge in [-0.1, -0.05) is 46.5 Å². The molecular formula is C14H29N3. The second kappa shape index (κ2) is 6.27. The van der Waals surface area contributed by atoms with Gasteiger partial charge in [-0.05, 0) is 19.3 Å². The lowest BCUT2D eigenvalue weighted by molar-refractivity contribution is 0.185. The highest BCUT2D eigenvalue weighted by molar-refractivity contribution is 5.80. The first-order valence-corrected chi connectivity index (χ1v) is 7.07. The van der Waals surface area contributed by atoms with E-state index in [1.807, 2.05) is 0 Å². The van der Waals surface area contributed by atoms with Crippen molar-refractivity contribution in [1.29, 1.82) is 0 Å². The highest BCUT2D eigenvalue weighted by Gasteiger charge is 2.37. The molecule has 3 nitrogen and oxygen atoms in total. The smallest absolute Gasteiger partial charge is 0.191 e. The zero-order valence-corrected chi connectivity index (χ0v) is 12.0. The lowest BCUT2D eigenvalue weighted by Crippen LogP contribution is -2.51. The molecule has 0 aromatic heterocycles. The van der Waals surface area contributed by atoms with Gasteiger partial charge in [0, 0.05) is 6.54 Å². The number of hydrogen-bond donors (Lipinski definition) is 1. The predicted molar refractivity (Wildman–Crippen MR) is 75.2 cm³/mol. The molecule has 0 saturated heterocycles. The first kappa shape index (κ1) is 14.3. The highest BCUT2D eigenvalue weighted by atomic mass is 15.3. The average molecular weight is 239 g/mol. The van der Waals surface area contributed by atoms with Crippen molar-refractivity contribution in [2.75, 3.05) is 13.1 Å². The van der Waals surface area contributed by atoms with E-state index in [0.717, 1.165) is 19.0 Å². The summed E-state index contributed by atoms with van der Waals surface area (Å²) in [6, 6.07) is 0. The number of nitrogens with two attached hydrogens (primary N) is 1. The third kappa shape index (κ3) is 3.90. The molecule has 0 aromatic carbocycles. The topological polar surface area (TPSA) is 41.6 Å². The molecule has 1 unspecified atom stereocenters. The largest absolute Gasteiger partial charge is 0.370 e. The average Bonchev–Trinajstić information content (AvgIpc) is 2.53. The van der Waals surface area contributed by atoms with E-state index in [1.165, 1.54) is 32.1 Å². The zero-order chi connectivity index (χ0) is 12.9. The van der Waals surface area contributed by atoms with Crippen LogP contribution in [0.3, 0.4) is 0 Å². The number of nitrogens with zero attached hydrogens (tertiary/aromatic N) is 2. The van der Waals surface area contributed by atoms with Crippen LogP contribution in [0.1, 0.15) is 59.8 Å². The SMILES string of the molecule is CCCCCCC1(C)CN=C(N)N1CC(C)C. The van der Waals surface area contributed by atoms with Crippen LogP contribution in [0.2, 0.25) is 0 Å². The van der Waals surface area contributed by atoms with Gasteiger partial charge in [0.2, 0.25) is 0 Å². The molecule has 17 heavy (non-hydrogen) atoms. The number of guanidine groups is 1. The Kier molecular flexibility index (Phi) is 5.29. The molecule has 100 valence electrons. The fourth-order valence-electron chi connectivity index (χ4n) is 2.52. The molecule has 1 aliphatic heterocycles. The van der Waals surface area contributed by atoms with Crippen LogP contribution >= 0.6 is 0 Å². The second-order valence-corrected chi connectivity index (χ2v) is 5.99. The first-order valence-electron chi connectivity index (χ1n) is 7.07. The Bertz CT molecular complexity index is 260. The van der Waals surface area contributed by atoms with E-state index in [-0.39, 0.29) is 5.54 Å². The summed E-state index contributed by atoms with van der Waals surface area (Å²) in [6.07, 6.45) is 6.48. The number of unbranched alkanes of at least 4 members (excludes halogenated alkanes) is 3. The standard InChI is InChI=1S/C14H29N3/c1-5-6-7-8-9-14(4)11-16-13(15)17(14)10-12(2)3/h12H,5-11H2,1-4H3,(H2,15,16). The molecule has 0 aliphatic carbocycles. The highest BCUT2D eigenvalue weighted by Crippen LogP contribution is 2.28. The Morgan fingerprint density at radius 3 is 2.65 bits per heavy atom. The van der Waals surface area contributed by atoms with Crippen LogP contribution in [-0.2, 0) is 0 Å². The fourth-order valence-corrected chi connectivity index (χ4v) is 2.52. The summed E-state index contributed by atoms with van der Waals surface area (Å²) in [7, 11) is 0. The lowest BCUT2D eigenvalue weighted by atomic mass is 9.92. The van der Waals surface area contributed by atoms with Crippen molar-refractivity contribution < 1.29 is 0 Å². The second-order valence-electron chi connectivity index (χ2n) is 5.99. The minimum atomic E-state index is 0.169. The van der Waals surface area contributed by atoms with Crippen molar-refractivity contribution >= 4 is 5.96 Å². The van der Waals surface area contributed by atoms with Crippen LogP contribution in [0.15, 0.2) is 4.99 Å². The molecule has 3 heteroatoms. The molecule has 2 N–H and O–H groups in total. The van der Waals surface area contributed by atoms with Gasteiger partial charge in [-0.2, -0.15) is 0 Å². The minimum Gasteiger partial charge on any atom is -0.370 e.